The molecule has 132 valence electrons. The van der Waals surface area contributed by atoms with E-state index in [1.54, 1.807) is 0 Å². The van der Waals surface area contributed by atoms with E-state index in [0.717, 1.165) is 43.7 Å². The maximum atomic E-state index is 12.4. The van der Waals surface area contributed by atoms with Crippen molar-refractivity contribution in [2.24, 2.45) is 0 Å². The molecule has 2 N–H and O–H groups in total. The van der Waals surface area contributed by atoms with Crippen molar-refractivity contribution in [3.8, 4) is 0 Å². The van der Waals surface area contributed by atoms with Crippen molar-refractivity contribution in [3.63, 3.8) is 0 Å². The number of carbonyl (C=O) groups is 1. The predicted octanol–water partition coefficient (Wildman–Crippen LogP) is 3.06. The summed E-state index contributed by atoms with van der Waals surface area (Å²) in [6.07, 6.45) is 3.58. The minimum Gasteiger partial charge on any atom is -0.399 e. The molecule has 1 aliphatic heterocycles. The van der Waals surface area contributed by atoms with Crippen LogP contribution in [0.1, 0.15) is 24.0 Å². The molecule has 0 spiro atoms. The van der Waals surface area contributed by atoms with E-state index in [2.05, 4.69) is 24.3 Å². The standard InChI is InChI=1S/C21H26N2O2/c22-19-10-8-18(9-11-19)15-21(24)23-13-12-20(16-23)25-14-4-7-17-5-2-1-3-6-17/h1-3,5-6,8-11,20H,4,7,12-16,22H2. The van der Waals surface area contributed by atoms with Gasteiger partial charge in [0.25, 0.3) is 0 Å². The highest BCUT2D eigenvalue weighted by atomic mass is 16.5. The third-order valence-electron chi connectivity index (χ3n) is 4.64. The summed E-state index contributed by atoms with van der Waals surface area (Å²) in [6, 6.07) is 18.0. The molecule has 1 saturated heterocycles. The van der Waals surface area contributed by atoms with Gasteiger partial charge in [-0.25, -0.2) is 0 Å². The largest absolute Gasteiger partial charge is 0.399 e. The number of nitrogens with two attached hydrogens (primary N) is 1. The van der Waals surface area contributed by atoms with Crippen molar-refractivity contribution in [1.82, 2.24) is 4.90 Å². The maximum Gasteiger partial charge on any atom is 0.227 e. The smallest absolute Gasteiger partial charge is 0.227 e. The molecule has 0 saturated carbocycles. The molecule has 4 nitrogen and oxygen atoms in total. The third kappa shape index (κ3) is 5.33. The predicted molar refractivity (Wildman–Crippen MR) is 100 cm³/mol. The first-order valence-corrected chi connectivity index (χ1v) is 8.98. The van der Waals surface area contributed by atoms with Gasteiger partial charge in [-0.05, 0) is 42.5 Å². The molecule has 3 rings (SSSR count). The number of amides is 1. The van der Waals surface area contributed by atoms with Crippen LogP contribution in [0, 0.1) is 0 Å². The Bertz CT molecular complexity index is 670. The molecule has 0 radical (unpaired) electrons. The van der Waals surface area contributed by atoms with Gasteiger partial charge < -0.3 is 15.4 Å². The highest BCUT2D eigenvalue weighted by Gasteiger charge is 2.26. The Balaban J connectivity index is 1.36. The molecule has 2 aromatic rings. The van der Waals surface area contributed by atoms with Gasteiger partial charge in [-0.3, -0.25) is 4.79 Å². The molecule has 1 amide bonds. The van der Waals surface area contributed by atoms with Gasteiger partial charge in [-0.1, -0.05) is 42.5 Å². The van der Waals surface area contributed by atoms with Gasteiger partial charge in [-0.15, -0.1) is 0 Å². The van der Waals surface area contributed by atoms with E-state index in [0.29, 0.717) is 13.0 Å². The number of hydrogen-bond donors (Lipinski definition) is 1. The van der Waals surface area contributed by atoms with Gasteiger partial charge in [0.15, 0.2) is 0 Å². The minimum atomic E-state index is 0.167. The van der Waals surface area contributed by atoms with Crippen molar-refractivity contribution in [1.29, 1.82) is 0 Å². The number of nitrogens with zero attached hydrogens (tertiary/aromatic N) is 1. The number of hydrogen-bond acceptors (Lipinski definition) is 3. The van der Waals surface area contributed by atoms with Crippen molar-refractivity contribution in [2.45, 2.75) is 31.8 Å². The average Bonchev–Trinajstić information content (AvgIpc) is 3.11. The fourth-order valence-electron chi connectivity index (χ4n) is 3.18. The molecular formula is C21H26N2O2. The SMILES string of the molecule is Nc1ccc(CC(=O)N2CCC(OCCCc3ccccc3)C2)cc1. The van der Waals surface area contributed by atoms with Crippen LogP contribution in [0.5, 0.6) is 0 Å². The molecular weight excluding hydrogens is 312 g/mol. The van der Waals surface area contributed by atoms with Crippen LogP contribution in [0.2, 0.25) is 0 Å². The maximum absolute atomic E-state index is 12.4. The minimum absolute atomic E-state index is 0.167. The quantitative estimate of drug-likeness (QED) is 0.623. The Labute approximate surface area is 149 Å². The lowest BCUT2D eigenvalue weighted by Gasteiger charge is -2.17. The normalized spacial score (nSPS) is 17.0. The molecule has 0 aromatic heterocycles. The lowest BCUT2D eigenvalue weighted by atomic mass is 10.1. The molecule has 1 fully saturated rings. The van der Waals surface area contributed by atoms with E-state index in [-0.39, 0.29) is 12.0 Å². The second-order valence-corrected chi connectivity index (χ2v) is 6.63. The van der Waals surface area contributed by atoms with Gasteiger partial charge in [0.05, 0.1) is 12.5 Å². The zero-order valence-corrected chi connectivity index (χ0v) is 14.6. The molecule has 1 unspecified atom stereocenters. The zero-order valence-electron chi connectivity index (χ0n) is 14.6. The number of carbonyl (C=O) groups excluding carboxylic acids is 1. The van der Waals surface area contributed by atoms with E-state index in [4.69, 9.17) is 10.5 Å². The Morgan fingerprint density at radius 3 is 2.60 bits per heavy atom. The van der Waals surface area contributed by atoms with Crippen LogP contribution in [-0.2, 0) is 22.4 Å². The van der Waals surface area contributed by atoms with Gasteiger partial charge in [0.1, 0.15) is 0 Å². The lowest BCUT2D eigenvalue weighted by Crippen LogP contribution is -2.31. The van der Waals surface area contributed by atoms with E-state index in [1.165, 1.54) is 5.56 Å². The first-order valence-electron chi connectivity index (χ1n) is 8.98. The molecule has 0 bridgehead atoms. The first kappa shape index (κ1) is 17.5. The monoisotopic (exact) mass is 338 g/mol. The van der Waals surface area contributed by atoms with Crippen LogP contribution < -0.4 is 5.73 Å². The first-order chi connectivity index (χ1) is 12.2. The number of anilines is 1. The number of nitrogen functional groups attached to an aromatic ring is 1. The summed E-state index contributed by atoms with van der Waals surface area (Å²) in [6.45, 7) is 2.25. The van der Waals surface area contributed by atoms with Crippen LogP contribution in [0.25, 0.3) is 0 Å². The summed E-state index contributed by atoms with van der Waals surface area (Å²) in [5.41, 5.74) is 8.76. The summed E-state index contributed by atoms with van der Waals surface area (Å²) in [5, 5.41) is 0. The number of benzene rings is 2. The highest BCUT2D eigenvalue weighted by Crippen LogP contribution is 2.16. The summed E-state index contributed by atoms with van der Waals surface area (Å²) in [4.78, 5) is 14.3. The highest BCUT2D eigenvalue weighted by molar-refractivity contribution is 5.79. The number of rotatable bonds is 7. The van der Waals surface area contributed by atoms with Gasteiger partial charge in [0.2, 0.25) is 5.91 Å². The van der Waals surface area contributed by atoms with Gasteiger partial charge in [0, 0.05) is 25.4 Å². The van der Waals surface area contributed by atoms with Crippen molar-refractivity contribution < 1.29 is 9.53 Å². The molecule has 1 aliphatic rings. The van der Waals surface area contributed by atoms with E-state index in [1.807, 2.05) is 35.2 Å². The molecule has 25 heavy (non-hydrogen) atoms. The zero-order chi connectivity index (χ0) is 17.5. The Morgan fingerprint density at radius 2 is 1.84 bits per heavy atom. The lowest BCUT2D eigenvalue weighted by molar-refractivity contribution is -0.129. The van der Waals surface area contributed by atoms with Gasteiger partial charge >= 0.3 is 0 Å². The van der Waals surface area contributed by atoms with Crippen molar-refractivity contribution in [2.75, 3.05) is 25.4 Å². The second-order valence-electron chi connectivity index (χ2n) is 6.63. The summed E-state index contributed by atoms with van der Waals surface area (Å²) in [5.74, 6) is 0.167. The fourth-order valence-corrected chi connectivity index (χ4v) is 3.18. The van der Waals surface area contributed by atoms with E-state index < -0.39 is 0 Å². The van der Waals surface area contributed by atoms with Crippen LogP contribution in [0.4, 0.5) is 5.69 Å². The van der Waals surface area contributed by atoms with Gasteiger partial charge in [-0.2, -0.15) is 0 Å². The van der Waals surface area contributed by atoms with Crippen LogP contribution >= 0.6 is 0 Å². The van der Waals surface area contributed by atoms with Crippen molar-refractivity contribution >= 4 is 11.6 Å². The molecule has 0 aliphatic carbocycles. The number of likely N-dealkylation sites (tertiary alicyclic amines) is 1. The fraction of sp³-hybridized carbons (Fsp3) is 0.381. The Hall–Kier alpha value is -2.33. The topological polar surface area (TPSA) is 55.6 Å². The van der Waals surface area contributed by atoms with E-state index in [9.17, 15) is 4.79 Å². The Morgan fingerprint density at radius 1 is 1.08 bits per heavy atom. The third-order valence-corrected chi connectivity index (χ3v) is 4.64. The molecule has 2 aromatic carbocycles. The molecule has 1 atom stereocenters. The molecule has 4 heteroatoms. The Kier molecular flexibility index (Phi) is 6.07. The van der Waals surface area contributed by atoms with E-state index >= 15 is 0 Å². The van der Waals surface area contributed by atoms with Crippen LogP contribution in [-0.4, -0.2) is 36.6 Å². The molecule has 1 heterocycles. The summed E-state index contributed by atoms with van der Waals surface area (Å²) in [7, 11) is 0. The van der Waals surface area contributed by atoms with Crippen molar-refractivity contribution in [3.05, 3.63) is 65.7 Å². The summed E-state index contributed by atoms with van der Waals surface area (Å²) < 4.78 is 5.96. The number of ether oxygens (including phenoxy) is 1. The second kappa shape index (κ2) is 8.67. The summed E-state index contributed by atoms with van der Waals surface area (Å²) >= 11 is 0. The van der Waals surface area contributed by atoms with Crippen LogP contribution in [0.3, 0.4) is 0 Å². The number of aryl methyl sites for hydroxylation is 1. The van der Waals surface area contributed by atoms with Crippen LogP contribution in [0.15, 0.2) is 54.6 Å². The average molecular weight is 338 g/mol.